The number of anilines is 1. The minimum atomic E-state index is 0.0759. The van der Waals surface area contributed by atoms with E-state index in [1.165, 1.54) is 0 Å². The standard InChI is InChI=1S/C17H20N6O/c1-12-14(11-23(22-12)7-8-24)10-19-17-9-16(20-13(2)21-17)15-5-3-4-6-18-15/h3-6,9,11,24H,7-8,10H2,1-2H3,(H,19,20,21). The Bertz CT molecular complexity index is 815. The van der Waals surface area contributed by atoms with Crippen LogP contribution in [-0.2, 0) is 13.1 Å². The summed E-state index contributed by atoms with van der Waals surface area (Å²) in [6.07, 6.45) is 3.69. The van der Waals surface area contributed by atoms with Gasteiger partial charge in [0.2, 0.25) is 0 Å². The molecule has 0 unspecified atom stereocenters. The van der Waals surface area contributed by atoms with Gasteiger partial charge in [-0.05, 0) is 26.0 Å². The number of nitrogens with one attached hydrogen (secondary N) is 1. The molecule has 0 saturated carbocycles. The molecule has 0 aliphatic heterocycles. The molecule has 0 fully saturated rings. The van der Waals surface area contributed by atoms with Gasteiger partial charge in [0.15, 0.2) is 0 Å². The van der Waals surface area contributed by atoms with Crippen molar-refractivity contribution >= 4 is 5.82 Å². The van der Waals surface area contributed by atoms with Crippen LogP contribution in [0.15, 0.2) is 36.7 Å². The lowest BCUT2D eigenvalue weighted by atomic mass is 10.2. The van der Waals surface area contributed by atoms with Crippen LogP contribution in [0.5, 0.6) is 0 Å². The van der Waals surface area contributed by atoms with Crippen molar-refractivity contribution < 1.29 is 5.11 Å². The number of nitrogens with zero attached hydrogens (tertiary/aromatic N) is 5. The predicted octanol–water partition coefficient (Wildman–Crippen LogP) is 1.96. The van der Waals surface area contributed by atoms with Crippen LogP contribution in [0.25, 0.3) is 11.4 Å². The smallest absolute Gasteiger partial charge is 0.130 e. The van der Waals surface area contributed by atoms with E-state index in [-0.39, 0.29) is 6.61 Å². The van der Waals surface area contributed by atoms with Gasteiger partial charge in [0, 0.05) is 30.6 Å². The van der Waals surface area contributed by atoms with Gasteiger partial charge >= 0.3 is 0 Å². The molecule has 3 rings (SSSR count). The fraction of sp³-hybridized carbons (Fsp3) is 0.294. The summed E-state index contributed by atoms with van der Waals surface area (Å²) in [5, 5.41) is 16.7. The lowest BCUT2D eigenvalue weighted by Crippen LogP contribution is -2.04. The first-order chi connectivity index (χ1) is 11.7. The van der Waals surface area contributed by atoms with Crippen LogP contribution < -0.4 is 5.32 Å². The fourth-order valence-corrected chi connectivity index (χ4v) is 2.44. The van der Waals surface area contributed by atoms with Gasteiger partial charge < -0.3 is 10.4 Å². The summed E-state index contributed by atoms with van der Waals surface area (Å²) in [6, 6.07) is 7.63. The molecule has 7 heteroatoms. The molecular formula is C17H20N6O. The molecule has 0 bridgehead atoms. The van der Waals surface area contributed by atoms with E-state index < -0.39 is 0 Å². The molecule has 0 aliphatic rings. The van der Waals surface area contributed by atoms with Crippen LogP contribution in [-0.4, -0.2) is 36.4 Å². The summed E-state index contributed by atoms with van der Waals surface area (Å²) >= 11 is 0. The highest BCUT2D eigenvalue weighted by molar-refractivity contribution is 5.58. The van der Waals surface area contributed by atoms with Crippen molar-refractivity contribution in [1.29, 1.82) is 0 Å². The maximum atomic E-state index is 9.00. The summed E-state index contributed by atoms with van der Waals surface area (Å²) in [4.78, 5) is 13.2. The number of hydrogen-bond acceptors (Lipinski definition) is 6. The van der Waals surface area contributed by atoms with Crippen molar-refractivity contribution in [3.05, 3.63) is 53.7 Å². The monoisotopic (exact) mass is 324 g/mol. The quantitative estimate of drug-likeness (QED) is 0.720. The minimum absolute atomic E-state index is 0.0759. The van der Waals surface area contributed by atoms with Gasteiger partial charge in [0.05, 0.1) is 30.2 Å². The van der Waals surface area contributed by atoms with E-state index in [0.29, 0.717) is 18.9 Å². The van der Waals surface area contributed by atoms with Crippen molar-refractivity contribution in [1.82, 2.24) is 24.7 Å². The van der Waals surface area contributed by atoms with E-state index in [1.54, 1.807) is 10.9 Å². The Morgan fingerprint density at radius 1 is 1.17 bits per heavy atom. The molecule has 2 N–H and O–H groups in total. The highest BCUT2D eigenvalue weighted by Crippen LogP contribution is 2.18. The first-order valence-corrected chi connectivity index (χ1v) is 7.80. The molecule has 24 heavy (non-hydrogen) atoms. The van der Waals surface area contributed by atoms with Crippen molar-refractivity contribution in [3.8, 4) is 11.4 Å². The van der Waals surface area contributed by atoms with Crippen LogP contribution in [0.3, 0.4) is 0 Å². The first kappa shape index (κ1) is 16.1. The molecule has 0 aliphatic carbocycles. The average molecular weight is 324 g/mol. The van der Waals surface area contributed by atoms with Crippen LogP contribution in [0.2, 0.25) is 0 Å². The average Bonchev–Trinajstić information content (AvgIpc) is 2.93. The van der Waals surface area contributed by atoms with E-state index in [0.717, 1.165) is 28.5 Å². The van der Waals surface area contributed by atoms with Crippen LogP contribution in [0.4, 0.5) is 5.82 Å². The number of aromatic nitrogens is 5. The zero-order valence-electron chi connectivity index (χ0n) is 13.8. The molecule has 3 aromatic heterocycles. The predicted molar refractivity (Wildman–Crippen MR) is 91.4 cm³/mol. The van der Waals surface area contributed by atoms with Crippen molar-refractivity contribution in [2.75, 3.05) is 11.9 Å². The second-order valence-electron chi connectivity index (χ2n) is 5.48. The maximum absolute atomic E-state index is 9.00. The number of hydrogen-bond donors (Lipinski definition) is 2. The lowest BCUT2D eigenvalue weighted by Gasteiger charge is -2.08. The number of aliphatic hydroxyl groups excluding tert-OH is 1. The van der Waals surface area contributed by atoms with E-state index in [4.69, 9.17) is 5.11 Å². The zero-order valence-corrected chi connectivity index (χ0v) is 13.8. The second-order valence-corrected chi connectivity index (χ2v) is 5.48. The van der Waals surface area contributed by atoms with Crippen molar-refractivity contribution in [2.45, 2.75) is 26.9 Å². The third-order valence-corrected chi connectivity index (χ3v) is 3.60. The first-order valence-electron chi connectivity index (χ1n) is 7.80. The molecule has 7 nitrogen and oxygen atoms in total. The number of pyridine rings is 1. The minimum Gasteiger partial charge on any atom is -0.394 e. The van der Waals surface area contributed by atoms with E-state index in [9.17, 15) is 0 Å². The molecule has 0 spiro atoms. The number of aliphatic hydroxyl groups is 1. The summed E-state index contributed by atoms with van der Waals surface area (Å²) in [6.45, 7) is 5.00. The largest absolute Gasteiger partial charge is 0.394 e. The molecular weight excluding hydrogens is 304 g/mol. The van der Waals surface area contributed by atoms with Gasteiger partial charge in [-0.1, -0.05) is 6.07 Å². The number of rotatable bonds is 6. The van der Waals surface area contributed by atoms with Crippen molar-refractivity contribution in [2.24, 2.45) is 0 Å². The van der Waals surface area contributed by atoms with Crippen LogP contribution in [0.1, 0.15) is 17.1 Å². The Morgan fingerprint density at radius 2 is 2.04 bits per heavy atom. The Labute approximate surface area is 140 Å². The maximum Gasteiger partial charge on any atom is 0.130 e. The summed E-state index contributed by atoms with van der Waals surface area (Å²) in [5.41, 5.74) is 3.61. The SMILES string of the molecule is Cc1nc(NCc2cn(CCO)nc2C)cc(-c2ccccn2)n1. The topological polar surface area (TPSA) is 88.8 Å². The van der Waals surface area contributed by atoms with Crippen LogP contribution >= 0.6 is 0 Å². The third-order valence-electron chi connectivity index (χ3n) is 3.60. The molecule has 124 valence electrons. The van der Waals surface area contributed by atoms with Gasteiger partial charge in [0.25, 0.3) is 0 Å². The molecule has 3 aromatic rings. The summed E-state index contributed by atoms with van der Waals surface area (Å²) < 4.78 is 1.75. The van der Waals surface area contributed by atoms with E-state index in [2.05, 4.69) is 25.4 Å². The fourth-order valence-electron chi connectivity index (χ4n) is 2.44. The Morgan fingerprint density at radius 3 is 2.79 bits per heavy atom. The Kier molecular flexibility index (Phi) is 4.81. The molecule has 0 amide bonds. The third kappa shape index (κ3) is 3.75. The van der Waals surface area contributed by atoms with Gasteiger partial charge in [-0.3, -0.25) is 9.67 Å². The zero-order chi connectivity index (χ0) is 16.9. The normalized spacial score (nSPS) is 10.8. The molecule has 3 heterocycles. The second kappa shape index (κ2) is 7.18. The molecule has 0 radical (unpaired) electrons. The highest BCUT2D eigenvalue weighted by atomic mass is 16.3. The summed E-state index contributed by atoms with van der Waals surface area (Å²) in [5.74, 6) is 1.44. The Hall–Kier alpha value is -2.80. The Balaban J connectivity index is 1.77. The van der Waals surface area contributed by atoms with Gasteiger partial charge in [-0.25, -0.2) is 9.97 Å². The van der Waals surface area contributed by atoms with Crippen molar-refractivity contribution in [3.63, 3.8) is 0 Å². The summed E-state index contributed by atoms with van der Waals surface area (Å²) in [7, 11) is 0. The molecule has 0 atom stereocenters. The highest BCUT2D eigenvalue weighted by Gasteiger charge is 2.08. The van der Waals surface area contributed by atoms with Gasteiger partial charge in [-0.15, -0.1) is 0 Å². The molecule has 0 aromatic carbocycles. The van der Waals surface area contributed by atoms with E-state index >= 15 is 0 Å². The van der Waals surface area contributed by atoms with Crippen LogP contribution in [0, 0.1) is 13.8 Å². The lowest BCUT2D eigenvalue weighted by molar-refractivity contribution is 0.269. The number of aryl methyl sites for hydroxylation is 2. The van der Waals surface area contributed by atoms with E-state index in [1.807, 2.05) is 44.3 Å². The molecule has 0 saturated heterocycles. The van der Waals surface area contributed by atoms with Gasteiger partial charge in [0.1, 0.15) is 11.6 Å². The van der Waals surface area contributed by atoms with Gasteiger partial charge in [-0.2, -0.15) is 5.10 Å².